The number of ether oxygens (including phenoxy) is 1. The number of hydrogen-bond donors (Lipinski definition) is 0. The molecule has 0 saturated carbocycles. The van der Waals surface area contributed by atoms with Gasteiger partial charge in [-0.2, -0.15) is 0 Å². The molecule has 2 heterocycles. The number of aryl methyl sites for hydroxylation is 1. The third kappa shape index (κ3) is 3.93. The van der Waals surface area contributed by atoms with Crippen molar-refractivity contribution < 1.29 is 23.2 Å². The summed E-state index contributed by atoms with van der Waals surface area (Å²) >= 11 is 0. The van der Waals surface area contributed by atoms with E-state index in [1.165, 1.54) is 19.1 Å². The van der Waals surface area contributed by atoms with Crippen molar-refractivity contribution in [3.05, 3.63) is 93.5 Å². The first kappa shape index (κ1) is 19.4. The van der Waals surface area contributed by atoms with Gasteiger partial charge in [-0.15, -0.1) is 0 Å². The van der Waals surface area contributed by atoms with Crippen LogP contribution in [0.3, 0.4) is 0 Å². The molecule has 4 rings (SSSR count). The average molecular weight is 402 g/mol. The van der Waals surface area contributed by atoms with Gasteiger partial charge in [-0.1, -0.05) is 36.4 Å². The Balaban J connectivity index is 1.51. The van der Waals surface area contributed by atoms with E-state index in [9.17, 15) is 14.4 Å². The molecule has 0 amide bonds. The van der Waals surface area contributed by atoms with Crippen LogP contribution in [-0.4, -0.2) is 11.8 Å². The van der Waals surface area contributed by atoms with Gasteiger partial charge in [0, 0.05) is 28.1 Å². The molecular weight excluding hydrogens is 384 g/mol. The first-order chi connectivity index (χ1) is 14.4. The molecule has 0 spiro atoms. The molecule has 0 aliphatic rings. The maximum absolute atomic E-state index is 12.4. The number of hydrogen-bond acceptors (Lipinski definition) is 6. The minimum absolute atomic E-state index is 0.0251. The number of esters is 1. The summed E-state index contributed by atoms with van der Waals surface area (Å²) in [7, 11) is 0. The number of carbonyl (C=O) groups is 2. The molecule has 2 aromatic heterocycles. The molecule has 6 nitrogen and oxygen atoms in total. The quantitative estimate of drug-likeness (QED) is 0.267. The van der Waals surface area contributed by atoms with Gasteiger partial charge >= 0.3 is 11.6 Å². The minimum atomic E-state index is -0.643. The average Bonchev–Trinajstić information content (AvgIpc) is 3.21. The van der Waals surface area contributed by atoms with Crippen molar-refractivity contribution in [3.63, 3.8) is 0 Å². The summed E-state index contributed by atoms with van der Waals surface area (Å²) in [6.45, 7) is 3.30. The van der Waals surface area contributed by atoms with E-state index in [4.69, 9.17) is 13.6 Å². The zero-order valence-electron chi connectivity index (χ0n) is 16.4. The Morgan fingerprint density at radius 2 is 1.70 bits per heavy atom. The largest absolute Gasteiger partial charge is 0.455 e. The van der Waals surface area contributed by atoms with Crippen LogP contribution in [0.5, 0.6) is 0 Å². The van der Waals surface area contributed by atoms with Gasteiger partial charge in [0.05, 0.1) is 0 Å². The molecule has 0 aliphatic heterocycles. The third-order valence-corrected chi connectivity index (χ3v) is 4.73. The molecule has 0 unspecified atom stereocenters. The van der Waals surface area contributed by atoms with E-state index in [-0.39, 0.29) is 18.2 Å². The zero-order valence-corrected chi connectivity index (χ0v) is 16.4. The van der Waals surface area contributed by atoms with E-state index in [1.807, 2.05) is 19.1 Å². The van der Waals surface area contributed by atoms with Crippen LogP contribution in [-0.2, 0) is 11.3 Å². The van der Waals surface area contributed by atoms with Crippen molar-refractivity contribution in [3.8, 4) is 11.3 Å². The Hall–Kier alpha value is -3.93. The Labute approximate surface area is 171 Å². The zero-order chi connectivity index (χ0) is 21.3. The van der Waals surface area contributed by atoms with Crippen LogP contribution in [0.1, 0.15) is 39.0 Å². The summed E-state index contributed by atoms with van der Waals surface area (Å²) in [5.41, 5.74) is 2.79. The number of rotatable bonds is 5. The molecule has 30 heavy (non-hydrogen) atoms. The van der Waals surface area contributed by atoms with Gasteiger partial charge < -0.3 is 13.6 Å². The van der Waals surface area contributed by atoms with Gasteiger partial charge in [-0.05, 0) is 37.6 Å². The highest BCUT2D eigenvalue weighted by Gasteiger charge is 2.15. The van der Waals surface area contributed by atoms with E-state index in [2.05, 4.69) is 0 Å². The molecule has 0 aliphatic carbocycles. The second-order valence-corrected chi connectivity index (χ2v) is 6.96. The molecule has 0 N–H and O–H groups in total. The molecule has 150 valence electrons. The monoisotopic (exact) mass is 402 g/mol. The number of furan rings is 1. The van der Waals surface area contributed by atoms with Crippen molar-refractivity contribution >= 4 is 22.7 Å². The first-order valence-corrected chi connectivity index (χ1v) is 9.32. The van der Waals surface area contributed by atoms with E-state index in [0.717, 1.165) is 11.1 Å². The standard InChI is InChI=1S/C24H18O6/c1-14-3-8-19-18(12-23(26)30-22(19)11-14)13-28-24(27)21-10-9-20(29-21)17-6-4-16(5-7-17)15(2)25/h3-12H,13H2,1-2H3. The fourth-order valence-corrected chi connectivity index (χ4v) is 3.14. The van der Waals surface area contributed by atoms with E-state index >= 15 is 0 Å². The minimum Gasteiger partial charge on any atom is -0.455 e. The number of fused-ring (bicyclic) bond motifs is 1. The van der Waals surface area contributed by atoms with Crippen LogP contribution in [0.4, 0.5) is 0 Å². The van der Waals surface area contributed by atoms with Crippen LogP contribution in [0.25, 0.3) is 22.3 Å². The second-order valence-electron chi connectivity index (χ2n) is 6.96. The maximum atomic E-state index is 12.4. The molecule has 6 heteroatoms. The summed E-state index contributed by atoms with van der Waals surface area (Å²) in [5, 5.41) is 0.707. The lowest BCUT2D eigenvalue weighted by Crippen LogP contribution is -2.07. The highest BCUT2D eigenvalue weighted by Crippen LogP contribution is 2.24. The van der Waals surface area contributed by atoms with E-state index in [1.54, 1.807) is 36.4 Å². The number of benzene rings is 2. The lowest BCUT2D eigenvalue weighted by molar-refractivity contribution is 0.0438. The van der Waals surface area contributed by atoms with Crippen molar-refractivity contribution in [2.24, 2.45) is 0 Å². The van der Waals surface area contributed by atoms with E-state index < -0.39 is 11.6 Å². The molecular formula is C24H18O6. The van der Waals surface area contributed by atoms with Crippen molar-refractivity contribution in [2.45, 2.75) is 20.5 Å². The smallest absolute Gasteiger partial charge is 0.374 e. The molecule has 0 bridgehead atoms. The number of Topliss-reactive ketones (excluding diaryl/α,β-unsaturated/α-hetero) is 1. The summed E-state index contributed by atoms with van der Waals surface area (Å²) in [5.74, 6) is -0.139. The normalized spacial score (nSPS) is 10.9. The fraction of sp³-hybridized carbons (Fsp3) is 0.125. The second kappa shape index (κ2) is 7.83. The van der Waals surface area contributed by atoms with Gasteiger partial charge in [-0.3, -0.25) is 4.79 Å². The molecule has 2 aromatic carbocycles. The van der Waals surface area contributed by atoms with Crippen LogP contribution >= 0.6 is 0 Å². The van der Waals surface area contributed by atoms with Gasteiger partial charge in [0.25, 0.3) is 0 Å². The van der Waals surface area contributed by atoms with E-state index in [0.29, 0.717) is 27.9 Å². The van der Waals surface area contributed by atoms with Crippen LogP contribution in [0.15, 0.2) is 74.3 Å². The lowest BCUT2D eigenvalue weighted by atomic mass is 10.1. The topological polar surface area (TPSA) is 86.7 Å². The number of carbonyl (C=O) groups excluding carboxylic acids is 2. The summed E-state index contributed by atoms with van der Waals surface area (Å²) in [4.78, 5) is 35.6. The Morgan fingerprint density at radius 1 is 0.933 bits per heavy atom. The van der Waals surface area contributed by atoms with Crippen LogP contribution in [0, 0.1) is 6.92 Å². The highest BCUT2D eigenvalue weighted by atomic mass is 16.5. The van der Waals surface area contributed by atoms with Crippen molar-refractivity contribution in [1.29, 1.82) is 0 Å². The molecule has 0 radical (unpaired) electrons. The third-order valence-electron chi connectivity index (χ3n) is 4.73. The predicted octanol–water partition coefficient (Wildman–Crippen LogP) is 4.92. The van der Waals surface area contributed by atoms with Gasteiger partial charge in [0.1, 0.15) is 18.0 Å². The van der Waals surface area contributed by atoms with Gasteiger partial charge in [0.15, 0.2) is 5.78 Å². The Morgan fingerprint density at radius 3 is 2.43 bits per heavy atom. The van der Waals surface area contributed by atoms with Gasteiger partial charge in [-0.25, -0.2) is 9.59 Å². The van der Waals surface area contributed by atoms with Crippen LogP contribution in [0.2, 0.25) is 0 Å². The van der Waals surface area contributed by atoms with Crippen molar-refractivity contribution in [1.82, 2.24) is 0 Å². The molecule has 4 aromatic rings. The summed E-state index contributed by atoms with van der Waals surface area (Å²) in [6, 6.07) is 16.9. The van der Waals surface area contributed by atoms with Gasteiger partial charge in [0.2, 0.25) is 5.76 Å². The molecule has 0 fully saturated rings. The Kier molecular flexibility index (Phi) is 5.06. The lowest BCUT2D eigenvalue weighted by Gasteiger charge is -2.07. The maximum Gasteiger partial charge on any atom is 0.374 e. The fourth-order valence-electron chi connectivity index (χ4n) is 3.14. The number of ketones is 1. The highest BCUT2D eigenvalue weighted by molar-refractivity contribution is 5.94. The predicted molar refractivity (Wildman–Crippen MR) is 110 cm³/mol. The molecule has 0 atom stereocenters. The SMILES string of the molecule is CC(=O)c1ccc(-c2ccc(C(=O)OCc3cc(=O)oc4cc(C)ccc34)o2)cc1. The van der Waals surface area contributed by atoms with Crippen LogP contribution < -0.4 is 5.63 Å². The Bertz CT molecular complexity index is 1310. The molecule has 0 saturated heterocycles. The summed E-state index contributed by atoms with van der Waals surface area (Å²) < 4.78 is 16.2. The van der Waals surface area contributed by atoms with Crippen molar-refractivity contribution in [2.75, 3.05) is 0 Å². The first-order valence-electron chi connectivity index (χ1n) is 9.32. The summed E-state index contributed by atoms with van der Waals surface area (Å²) in [6.07, 6.45) is 0.